The standard InChI is InChI=1S/C19H22N4O/c20-17-4-3-14(13-1-2-13)11-16(17)19(21)15-5-6-22-18(12-15)23-7-9-24-10-8-23/h3-6,11-13,21H,1-2,7-10,20H2. The number of nitrogen functional groups attached to an aromatic ring is 1. The zero-order valence-corrected chi connectivity index (χ0v) is 13.7. The lowest BCUT2D eigenvalue weighted by atomic mass is 9.98. The average Bonchev–Trinajstić information content (AvgIpc) is 3.48. The predicted molar refractivity (Wildman–Crippen MR) is 96.0 cm³/mol. The van der Waals surface area contributed by atoms with Gasteiger partial charge >= 0.3 is 0 Å². The van der Waals surface area contributed by atoms with Gasteiger partial charge in [-0.15, -0.1) is 0 Å². The Hall–Kier alpha value is -2.40. The molecule has 4 rings (SSSR count). The number of hydrogen-bond donors (Lipinski definition) is 2. The van der Waals surface area contributed by atoms with E-state index in [2.05, 4.69) is 22.0 Å². The number of pyridine rings is 1. The Morgan fingerprint density at radius 2 is 1.96 bits per heavy atom. The highest BCUT2D eigenvalue weighted by atomic mass is 16.5. The average molecular weight is 322 g/mol. The van der Waals surface area contributed by atoms with Crippen molar-refractivity contribution < 1.29 is 4.74 Å². The number of nitrogens with zero attached hydrogens (tertiary/aromatic N) is 2. The van der Waals surface area contributed by atoms with Gasteiger partial charge in [0.05, 0.1) is 18.9 Å². The molecule has 2 aliphatic rings. The molecule has 0 atom stereocenters. The van der Waals surface area contributed by atoms with Crippen LogP contribution in [0.25, 0.3) is 0 Å². The van der Waals surface area contributed by atoms with Crippen molar-refractivity contribution in [1.29, 1.82) is 5.41 Å². The van der Waals surface area contributed by atoms with Gasteiger partial charge in [0.15, 0.2) is 0 Å². The Labute approximate surface area is 142 Å². The van der Waals surface area contributed by atoms with Gasteiger partial charge in [-0.05, 0) is 48.6 Å². The van der Waals surface area contributed by atoms with E-state index in [0.717, 1.165) is 43.2 Å². The highest BCUT2D eigenvalue weighted by Crippen LogP contribution is 2.41. The van der Waals surface area contributed by atoms with E-state index in [9.17, 15) is 0 Å². The molecule has 0 amide bonds. The zero-order valence-electron chi connectivity index (χ0n) is 13.7. The SMILES string of the molecule is N=C(c1ccnc(N2CCOCC2)c1)c1cc(C2CC2)ccc1N. The number of rotatable bonds is 4. The van der Waals surface area contributed by atoms with E-state index in [-0.39, 0.29) is 0 Å². The number of nitrogens with one attached hydrogen (secondary N) is 1. The van der Waals surface area contributed by atoms with Crippen molar-refractivity contribution in [2.75, 3.05) is 36.9 Å². The molecule has 5 heteroatoms. The fourth-order valence-corrected chi connectivity index (χ4v) is 3.16. The fourth-order valence-electron chi connectivity index (χ4n) is 3.16. The summed E-state index contributed by atoms with van der Waals surface area (Å²) >= 11 is 0. The summed E-state index contributed by atoms with van der Waals surface area (Å²) in [5, 5.41) is 8.63. The summed E-state index contributed by atoms with van der Waals surface area (Å²) in [6.07, 6.45) is 4.26. The van der Waals surface area contributed by atoms with Crippen molar-refractivity contribution in [1.82, 2.24) is 4.98 Å². The second-order valence-electron chi connectivity index (χ2n) is 6.50. The first-order valence-electron chi connectivity index (χ1n) is 8.50. The van der Waals surface area contributed by atoms with Crippen LogP contribution in [0.5, 0.6) is 0 Å². The van der Waals surface area contributed by atoms with Crippen LogP contribution in [0.2, 0.25) is 0 Å². The Balaban J connectivity index is 1.63. The van der Waals surface area contributed by atoms with Crippen molar-refractivity contribution in [3.63, 3.8) is 0 Å². The van der Waals surface area contributed by atoms with Gasteiger partial charge in [-0.25, -0.2) is 4.98 Å². The van der Waals surface area contributed by atoms with Crippen LogP contribution >= 0.6 is 0 Å². The van der Waals surface area contributed by atoms with Crippen LogP contribution < -0.4 is 10.6 Å². The first-order valence-corrected chi connectivity index (χ1v) is 8.50. The maximum atomic E-state index is 8.63. The van der Waals surface area contributed by atoms with E-state index >= 15 is 0 Å². The largest absolute Gasteiger partial charge is 0.398 e. The van der Waals surface area contributed by atoms with Crippen molar-refractivity contribution in [2.45, 2.75) is 18.8 Å². The molecule has 1 aromatic carbocycles. The van der Waals surface area contributed by atoms with Gasteiger partial charge in [0.25, 0.3) is 0 Å². The number of benzene rings is 1. The lowest BCUT2D eigenvalue weighted by molar-refractivity contribution is 0.122. The Morgan fingerprint density at radius 3 is 2.71 bits per heavy atom. The minimum Gasteiger partial charge on any atom is -0.398 e. The van der Waals surface area contributed by atoms with Crippen molar-refractivity contribution in [2.24, 2.45) is 0 Å². The second kappa shape index (κ2) is 6.24. The minimum absolute atomic E-state index is 0.465. The van der Waals surface area contributed by atoms with Crippen molar-refractivity contribution in [3.05, 3.63) is 53.2 Å². The van der Waals surface area contributed by atoms with Crippen LogP contribution in [0.1, 0.15) is 35.4 Å². The maximum absolute atomic E-state index is 8.63. The summed E-state index contributed by atoms with van der Waals surface area (Å²) in [7, 11) is 0. The van der Waals surface area contributed by atoms with Crippen LogP contribution in [-0.2, 0) is 4.74 Å². The fraction of sp³-hybridized carbons (Fsp3) is 0.368. The quantitative estimate of drug-likeness (QED) is 0.670. The topological polar surface area (TPSA) is 75.2 Å². The molecule has 1 saturated carbocycles. The first-order chi connectivity index (χ1) is 11.7. The molecule has 2 heterocycles. The van der Waals surface area contributed by atoms with E-state index in [1.807, 2.05) is 18.2 Å². The molecular formula is C19H22N4O. The molecular weight excluding hydrogens is 300 g/mol. The third-order valence-electron chi connectivity index (χ3n) is 4.76. The summed E-state index contributed by atoms with van der Waals surface area (Å²) in [5.74, 6) is 1.55. The summed E-state index contributed by atoms with van der Waals surface area (Å²) in [5.41, 5.74) is 10.2. The molecule has 24 heavy (non-hydrogen) atoms. The van der Waals surface area contributed by atoms with Crippen molar-refractivity contribution >= 4 is 17.2 Å². The summed E-state index contributed by atoms with van der Waals surface area (Å²) < 4.78 is 5.40. The minimum atomic E-state index is 0.465. The number of morpholine rings is 1. The third-order valence-corrected chi connectivity index (χ3v) is 4.76. The van der Waals surface area contributed by atoms with E-state index in [1.54, 1.807) is 6.20 Å². The number of aromatic nitrogens is 1. The van der Waals surface area contributed by atoms with E-state index in [0.29, 0.717) is 17.3 Å². The molecule has 0 bridgehead atoms. The molecule has 0 unspecified atom stereocenters. The number of anilines is 2. The highest BCUT2D eigenvalue weighted by molar-refractivity contribution is 6.14. The zero-order chi connectivity index (χ0) is 16.5. The van der Waals surface area contributed by atoms with E-state index < -0.39 is 0 Å². The Bertz CT molecular complexity index is 764. The summed E-state index contributed by atoms with van der Waals surface area (Å²) in [6.45, 7) is 3.12. The Morgan fingerprint density at radius 1 is 1.17 bits per heavy atom. The summed E-state index contributed by atoms with van der Waals surface area (Å²) in [6, 6.07) is 9.98. The van der Waals surface area contributed by atoms with Crippen LogP contribution in [0.4, 0.5) is 11.5 Å². The molecule has 2 fully saturated rings. The number of nitrogens with two attached hydrogens (primary N) is 1. The van der Waals surface area contributed by atoms with Gasteiger partial charge in [-0.1, -0.05) is 6.07 Å². The van der Waals surface area contributed by atoms with E-state index in [1.165, 1.54) is 18.4 Å². The Kier molecular flexibility index (Phi) is 3.94. The number of ether oxygens (including phenoxy) is 1. The second-order valence-corrected chi connectivity index (χ2v) is 6.50. The lowest BCUT2D eigenvalue weighted by Gasteiger charge is -2.28. The predicted octanol–water partition coefficient (Wildman–Crippen LogP) is 2.79. The van der Waals surface area contributed by atoms with Gasteiger partial charge in [0.2, 0.25) is 0 Å². The first kappa shape index (κ1) is 15.1. The molecule has 3 N–H and O–H groups in total. The maximum Gasteiger partial charge on any atom is 0.129 e. The van der Waals surface area contributed by atoms with Gasteiger partial charge < -0.3 is 15.4 Å². The smallest absolute Gasteiger partial charge is 0.129 e. The normalized spacial score (nSPS) is 17.8. The molecule has 1 aromatic heterocycles. The molecule has 2 aromatic rings. The third kappa shape index (κ3) is 2.99. The monoisotopic (exact) mass is 322 g/mol. The molecule has 124 valence electrons. The van der Waals surface area contributed by atoms with Gasteiger partial charge in [0, 0.05) is 36.1 Å². The molecule has 0 radical (unpaired) electrons. The van der Waals surface area contributed by atoms with Crippen LogP contribution in [0.3, 0.4) is 0 Å². The summed E-state index contributed by atoms with van der Waals surface area (Å²) in [4.78, 5) is 6.66. The van der Waals surface area contributed by atoms with Crippen molar-refractivity contribution in [3.8, 4) is 0 Å². The molecule has 1 saturated heterocycles. The van der Waals surface area contributed by atoms with E-state index in [4.69, 9.17) is 15.9 Å². The number of hydrogen-bond acceptors (Lipinski definition) is 5. The van der Waals surface area contributed by atoms with Gasteiger partial charge in [-0.2, -0.15) is 0 Å². The molecule has 0 spiro atoms. The van der Waals surface area contributed by atoms with Gasteiger partial charge in [-0.3, -0.25) is 5.41 Å². The van der Waals surface area contributed by atoms with Crippen LogP contribution in [-0.4, -0.2) is 37.0 Å². The highest BCUT2D eigenvalue weighted by Gasteiger charge is 2.24. The van der Waals surface area contributed by atoms with Gasteiger partial charge in [0.1, 0.15) is 5.82 Å². The molecule has 1 aliphatic carbocycles. The molecule has 5 nitrogen and oxygen atoms in total. The van der Waals surface area contributed by atoms with Crippen LogP contribution in [0.15, 0.2) is 36.5 Å². The molecule has 1 aliphatic heterocycles. The lowest BCUT2D eigenvalue weighted by Crippen LogP contribution is -2.36. The van der Waals surface area contributed by atoms with Crippen LogP contribution in [0, 0.1) is 5.41 Å².